The van der Waals surface area contributed by atoms with Crippen LogP contribution in [-0.2, 0) is 14.3 Å². The smallest absolute Gasteiger partial charge is 0.352 e. The van der Waals surface area contributed by atoms with Gasteiger partial charge in [-0.05, 0) is 6.92 Å². The summed E-state index contributed by atoms with van der Waals surface area (Å²) in [7, 11) is 0. The molecule has 72 valence electrons. The SMILES string of the molecule is CC1CC(=C(N)C(=O)O)C(=O)CO1. The predicted octanol–water partition coefficient (Wildman–Crippen LogP) is -0.338. The second-order valence-electron chi connectivity index (χ2n) is 2.95. The molecule has 1 rings (SSSR count). The van der Waals surface area contributed by atoms with Crippen LogP contribution in [0.4, 0.5) is 0 Å². The number of carbonyl (C=O) groups is 2. The van der Waals surface area contributed by atoms with Gasteiger partial charge in [0.15, 0.2) is 5.78 Å². The molecule has 1 atom stereocenters. The van der Waals surface area contributed by atoms with Gasteiger partial charge in [0.2, 0.25) is 0 Å². The molecule has 0 aromatic rings. The highest BCUT2D eigenvalue weighted by molar-refractivity contribution is 6.03. The van der Waals surface area contributed by atoms with E-state index in [1.165, 1.54) is 0 Å². The summed E-state index contributed by atoms with van der Waals surface area (Å²) in [6, 6.07) is 0. The van der Waals surface area contributed by atoms with Gasteiger partial charge in [-0.3, -0.25) is 4.79 Å². The molecule has 5 nitrogen and oxygen atoms in total. The number of Topliss-reactive ketones (excluding diaryl/α,β-unsaturated/α-hetero) is 1. The zero-order chi connectivity index (χ0) is 10.0. The van der Waals surface area contributed by atoms with Gasteiger partial charge in [-0.25, -0.2) is 4.79 Å². The van der Waals surface area contributed by atoms with Crippen LogP contribution in [0, 0.1) is 0 Å². The molecule has 0 spiro atoms. The van der Waals surface area contributed by atoms with Crippen LogP contribution in [0.15, 0.2) is 11.3 Å². The Morgan fingerprint density at radius 1 is 1.69 bits per heavy atom. The molecule has 0 saturated carbocycles. The van der Waals surface area contributed by atoms with E-state index in [2.05, 4.69) is 0 Å². The van der Waals surface area contributed by atoms with Crippen LogP contribution in [0.1, 0.15) is 13.3 Å². The van der Waals surface area contributed by atoms with Gasteiger partial charge in [0.05, 0.1) is 6.10 Å². The summed E-state index contributed by atoms with van der Waals surface area (Å²) in [4.78, 5) is 21.6. The molecule has 5 heteroatoms. The van der Waals surface area contributed by atoms with Gasteiger partial charge in [-0.2, -0.15) is 0 Å². The van der Waals surface area contributed by atoms with E-state index < -0.39 is 5.97 Å². The minimum Gasteiger partial charge on any atom is -0.477 e. The topological polar surface area (TPSA) is 89.6 Å². The quantitative estimate of drug-likeness (QED) is 0.545. The number of hydrogen-bond acceptors (Lipinski definition) is 4. The lowest BCUT2D eigenvalue weighted by atomic mass is 10.00. The fourth-order valence-electron chi connectivity index (χ4n) is 1.15. The average Bonchev–Trinajstić information content (AvgIpc) is 2.08. The van der Waals surface area contributed by atoms with Crippen molar-refractivity contribution in [2.24, 2.45) is 5.73 Å². The zero-order valence-corrected chi connectivity index (χ0v) is 7.24. The van der Waals surface area contributed by atoms with Crippen molar-refractivity contribution in [2.45, 2.75) is 19.4 Å². The molecule has 0 aliphatic carbocycles. The Bertz CT molecular complexity index is 282. The van der Waals surface area contributed by atoms with Gasteiger partial charge in [-0.15, -0.1) is 0 Å². The third-order valence-corrected chi connectivity index (χ3v) is 1.88. The highest BCUT2D eigenvalue weighted by Crippen LogP contribution is 2.17. The van der Waals surface area contributed by atoms with Gasteiger partial charge >= 0.3 is 5.97 Å². The van der Waals surface area contributed by atoms with Crippen LogP contribution in [0.3, 0.4) is 0 Å². The largest absolute Gasteiger partial charge is 0.477 e. The number of carboxylic acids is 1. The number of ether oxygens (including phenoxy) is 1. The van der Waals surface area contributed by atoms with Gasteiger partial charge in [0.25, 0.3) is 0 Å². The van der Waals surface area contributed by atoms with E-state index in [-0.39, 0.29) is 36.2 Å². The van der Waals surface area contributed by atoms with E-state index in [1.807, 2.05) is 0 Å². The van der Waals surface area contributed by atoms with Crippen molar-refractivity contribution in [3.8, 4) is 0 Å². The maximum absolute atomic E-state index is 11.2. The number of aliphatic carboxylic acids is 1. The lowest BCUT2D eigenvalue weighted by molar-refractivity contribution is -0.134. The molecule has 0 bridgehead atoms. The lowest BCUT2D eigenvalue weighted by Crippen LogP contribution is -2.30. The highest BCUT2D eigenvalue weighted by atomic mass is 16.5. The second-order valence-corrected chi connectivity index (χ2v) is 2.95. The third kappa shape index (κ3) is 2.06. The van der Waals surface area contributed by atoms with Crippen molar-refractivity contribution in [3.05, 3.63) is 11.3 Å². The van der Waals surface area contributed by atoms with E-state index in [9.17, 15) is 9.59 Å². The van der Waals surface area contributed by atoms with Crippen LogP contribution < -0.4 is 5.73 Å². The van der Waals surface area contributed by atoms with Crippen LogP contribution in [0.25, 0.3) is 0 Å². The predicted molar refractivity (Wildman–Crippen MR) is 43.9 cm³/mol. The Hall–Kier alpha value is -1.36. The number of carbonyl (C=O) groups excluding carboxylic acids is 1. The molecule has 1 heterocycles. The summed E-state index contributed by atoms with van der Waals surface area (Å²) in [5.41, 5.74) is 5.06. The molecule has 1 unspecified atom stereocenters. The lowest BCUT2D eigenvalue weighted by Gasteiger charge is -2.20. The molecule has 1 fully saturated rings. The van der Waals surface area contributed by atoms with Crippen LogP contribution in [0.2, 0.25) is 0 Å². The van der Waals surface area contributed by atoms with Crippen molar-refractivity contribution >= 4 is 11.8 Å². The van der Waals surface area contributed by atoms with E-state index in [4.69, 9.17) is 15.6 Å². The van der Waals surface area contributed by atoms with Gasteiger partial charge in [0, 0.05) is 12.0 Å². The number of carboxylic acid groups (broad SMARTS) is 1. The van der Waals surface area contributed by atoms with Gasteiger partial charge in [-0.1, -0.05) is 0 Å². The minimum absolute atomic E-state index is 0.0789. The van der Waals surface area contributed by atoms with E-state index in [0.717, 1.165) is 0 Å². The molecule has 1 aliphatic heterocycles. The van der Waals surface area contributed by atoms with Crippen molar-refractivity contribution < 1.29 is 19.4 Å². The van der Waals surface area contributed by atoms with Gasteiger partial charge < -0.3 is 15.6 Å². The number of ketones is 1. The van der Waals surface area contributed by atoms with E-state index in [1.54, 1.807) is 6.92 Å². The fraction of sp³-hybridized carbons (Fsp3) is 0.500. The van der Waals surface area contributed by atoms with Crippen molar-refractivity contribution in [1.82, 2.24) is 0 Å². The van der Waals surface area contributed by atoms with Crippen LogP contribution >= 0.6 is 0 Å². The zero-order valence-electron chi connectivity index (χ0n) is 7.24. The fourth-order valence-corrected chi connectivity index (χ4v) is 1.15. The molecule has 0 radical (unpaired) electrons. The Labute approximate surface area is 75.2 Å². The Morgan fingerprint density at radius 2 is 2.31 bits per heavy atom. The minimum atomic E-state index is -1.25. The summed E-state index contributed by atoms with van der Waals surface area (Å²) in [6.45, 7) is 1.69. The normalized spacial score (nSPS) is 27.2. The first-order valence-corrected chi connectivity index (χ1v) is 3.89. The molecule has 1 aliphatic rings. The third-order valence-electron chi connectivity index (χ3n) is 1.88. The number of hydrogen-bond donors (Lipinski definition) is 2. The summed E-state index contributed by atoms with van der Waals surface area (Å²) in [5.74, 6) is -1.59. The number of nitrogens with two attached hydrogens (primary N) is 1. The molecule has 0 aromatic heterocycles. The molecule has 1 saturated heterocycles. The maximum atomic E-state index is 11.2. The Morgan fingerprint density at radius 3 is 2.85 bits per heavy atom. The first-order valence-electron chi connectivity index (χ1n) is 3.89. The first-order chi connectivity index (χ1) is 6.02. The monoisotopic (exact) mass is 185 g/mol. The molecular formula is C8H11NO4. The standard InChI is InChI=1S/C8H11NO4/c1-4-2-5(6(10)3-13-4)7(9)8(11)12/h4H,2-3,9H2,1H3,(H,11,12). The molecular weight excluding hydrogens is 174 g/mol. The average molecular weight is 185 g/mol. The van der Waals surface area contributed by atoms with E-state index >= 15 is 0 Å². The summed E-state index contributed by atoms with van der Waals surface area (Å²) in [6.07, 6.45) is 0.127. The summed E-state index contributed by atoms with van der Waals surface area (Å²) in [5, 5.41) is 8.56. The van der Waals surface area contributed by atoms with Crippen LogP contribution in [-0.4, -0.2) is 29.6 Å². The molecule has 13 heavy (non-hydrogen) atoms. The molecule has 0 aromatic carbocycles. The molecule has 3 N–H and O–H groups in total. The Kier molecular flexibility index (Phi) is 2.67. The first kappa shape index (κ1) is 9.73. The highest BCUT2D eigenvalue weighted by Gasteiger charge is 2.25. The van der Waals surface area contributed by atoms with Crippen molar-refractivity contribution in [2.75, 3.05) is 6.61 Å². The summed E-state index contributed by atoms with van der Waals surface area (Å²) >= 11 is 0. The van der Waals surface area contributed by atoms with Crippen molar-refractivity contribution in [3.63, 3.8) is 0 Å². The molecule has 0 amide bonds. The number of rotatable bonds is 1. The van der Waals surface area contributed by atoms with Crippen LogP contribution in [0.5, 0.6) is 0 Å². The Balaban J connectivity index is 2.94. The van der Waals surface area contributed by atoms with Crippen molar-refractivity contribution in [1.29, 1.82) is 0 Å². The summed E-state index contributed by atoms with van der Waals surface area (Å²) < 4.78 is 5.02. The maximum Gasteiger partial charge on any atom is 0.352 e. The van der Waals surface area contributed by atoms with E-state index in [0.29, 0.717) is 0 Å². The van der Waals surface area contributed by atoms with Gasteiger partial charge in [0.1, 0.15) is 12.3 Å². The second kappa shape index (κ2) is 3.57.